The summed E-state index contributed by atoms with van der Waals surface area (Å²) in [6.07, 6.45) is 4.17. The molecule has 0 radical (unpaired) electrons. The molecule has 21 heavy (non-hydrogen) atoms. The highest BCUT2D eigenvalue weighted by Crippen LogP contribution is 2.27. The standard InChI is InChI=1S/C16H23ClN2O2/c1-3-18-11-4-6-12(7-5-11)19(2)16(21)14-10-13(20)8-9-15(14)17/h8-12,18,20H,3-7H2,1-2H3. The average Bonchev–Trinajstić information content (AvgIpc) is 2.49. The van der Waals surface area contributed by atoms with Crippen molar-refractivity contribution in [2.75, 3.05) is 13.6 Å². The van der Waals surface area contributed by atoms with Crippen molar-refractivity contribution in [2.45, 2.75) is 44.7 Å². The van der Waals surface area contributed by atoms with E-state index in [-0.39, 0.29) is 17.7 Å². The topological polar surface area (TPSA) is 52.6 Å². The highest BCUT2D eigenvalue weighted by molar-refractivity contribution is 6.33. The molecule has 0 aliphatic heterocycles. The molecule has 0 atom stereocenters. The molecule has 1 aromatic rings. The maximum absolute atomic E-state index is 12.5. The van der Waals surface area contributed by atoms with Gasteiger partial charge in [-0.1, -0.05) is 18.5 Å². The van der Waals surface area contributed by atoms with Crippen LogP contribution in [0.3, 0.4) is 0 Å². The predicted octanol–water partition coefficient (Wildman–Crippen LogP) is 3.04. The number of halogens is 1. The molecule has 1 aromatic carbocycles. The molecular formula is C16H23ClN2O2. The van der Waals surface area contributed by atoms with Gasteiger partial charge in [-0.05, 0) is 50.4 Å². The van der Waals surface area contributed by atoms with Gasteiger partial charge in [-0.2, -0.15) is 0 Å². The zero-order valence-electron chi connectivity index (χ0n) is 12.6. The fourth-order valence-electron chi connectivity index (χ4n) is 2.99. The number of phenols is 1. The van der Waals surface area contributed by atoms with E-state index in [1.165, 1.54) is 12.1 Å². The molecule has 0 spiro atoms. The summed E-state index contributed by atoms with van der Waals surface area (Å²) < 4.78 is 0. The van der Waals surface area contributed by atoms with Crippen LogP contribution in [0, 0.1) is 0 Å². The van der Waals surface area contributed by atoms with Gasteiger partial charge in [0.2, 0.25) is 0 Å². The summed E-state index contributed by atoms with van der Waals surface area (Å²) >= 11 is 6.07. The van der Waals surface area contributed by atoms with Gasteiger partial charge in [-0.15, -0.1) is 0 Å². The van der Waals surface area contributed by atoms with E-state index in [4.69, 9.17) is 11.6 Å². The number of nitrogens with zero attached hydrogens (tertiary/aromatic N) is 1. The zero-order valence-corrected chi connectivity index (χ0v) is 13.4. The molecule has 5 heteroatoms. The third-order valence-electron chi connectivity index (χ3n) is 4.24. The minimum atomic E-state index is -0.122. The van der Waals surface area contributed by atoms with Gasteiger partial charge in [0.15, 0.2) is 0 Å². The minimum absolute atomic E-state index is 0.0620. The first kappa shape index (κ1) is 16.1. The Labute approximate surface area is 131 Å². The van der Waals surface area contributed by atoms with Crippen molar-refractivity contribution in [3.05, 3.63) is 28.8 Å². The molecule has 0 heterocycles. The van der Waals surface area contributed by atoms with Crippen molar-refractivity contribution < 1.29 is 9.90 Å². The maximum Gasteiger partial charge on any atom is 0.255 e. The van der Waals surface area contributed by atoms with Gasteiger partial charge in [0.05, 0.1) is 10.6 Å². The lowest BCUT2D eigenvalue weighted by atomic mass is 9.90. The normalized spacial score (nSPS) is 22.0. The van der Waals surface area contributed by atoms with Crippen LogP contribution in [-0.2, 0) is 0 Å². The number of amides is 1. The summed E-state index contributed by atoms with van der Waals surface area (Å²) in [6.45, 7) is 3.11. The predicted molar refractivity (Wildman–Crippen MR) is 84.9 cm³/mol. The second kappa shape index (κ2) is 7.14. The number of carbonyl (C=O) groups excluding carboxylic acids is 1. The Morgan fingerprint density at radius 1 is 1.38 bits per heavy atom. The Morgan fingerprint density at radius 3 is 2.67 bits per heavy atom. The van der Waals surface area contributed by atoms with E-state index in [2.05, 4.69) is 12.2 Å². The monoisotopic (exact) mass is 310 g/mol. The Bertz CT molecular complexity index is 499. The van der Waals surface area contributed by atoms with Gasteiger partial charge in [0.25, 0.3) is 5.91 Å². The first-order valence-corrected chi connectivity index (χ1v) is 7.89. The van der Waals surface area contributed by atoms with Gasteiger partial charge < -0.3 is 15.3 Å². The molecule has 1 aliphatic rings. The molecule has 0 aromatic heterocycles. The van der Waals surface area contributed by atoms with Gasteiger partial charge >= 0.3 is 0 Å². The number of aromatic hydroxyl groups is 1. The molecule has 2 N–H and O–H groups in total. The van der Waals surface area contributed by atoms with Crippen LogP contribution >= 0.6 is 11.6 Å². The van der Waals surface area contributed by atoms with Crippen LogP contribution in [0.1, 0.15) is 43.0 Å². The molecule has 1 fully saturated rings. The lowest BCUT2D eigenvalue weighted by Crippen LogP contribution is -2.43. The van der Waals surface area contributed by atoms with Gasteiger partial charge in [-0.25, -0.2) is 0 Å². The average molecular weight is 311 g/mol. The first-order chi connectivity index (χ1) is 10.0. The Hall–Kier alpha value is -1.26. The molecular weight excluding hydrogens is 288 g/mol. The number of hydrogen-bond acceptors (Lipinski definition) is 3. The fourth-order valence-corrected chi connectivity index (χ4v) is 3.19. The van der Waals surface area contributed by atoms with Crippen LogP contribution in [0.5, 0.6) is 5.75 Å². The van der Waals surface area contributed by atoms with Crippen LogP contribution in [0.2, 0.25) is 5.02 Å². The first-order valence-electron chi connectivity index (χ1n) is 7.52. The number of hydrogen-bond donors (Lipinski definition) is 2. The van der Waals surface area contributed by atoms with Gasteiger partial charge in [0.1, 0.15) is 5.75 Å². The third-order valence-corrected chi connectivity index (χ3v) is 4.57. The van der Waals surface area contributed by atoms with E-state index < -0.39 is 0 Å². The van der Waals surface area contributed by atoms with E-state index in [1.807, 2.05) is 7.05 Å². The lowest BCUT2D eigenvalue weighted by molar-refractivity contribution is 0.0684. The lowest BCUT2D eigenvalue weighted by Gasteiger charge is -2.35. The van der Waals surface area contributed by atoms with Crippen LogP contribution in [0.15, 0.2) is 18.2 Å². The number of rotatable bonds is 4. The molecule has 1 saturated carbocycles. The number of benzene rings is 1. The second-order valence-electron chi connectivity index (χ2n) is 5.64. The third kappa shape index (κ3) is 3.89. The van der Waals surface area contributed by atoms with E-state index in [9.17, 15) is 9.90 Å². The van der Waals surface area contributed by atoms with Crippen molar-refractivity contribution >= 4 is 17.5 Å². The molecule has 116 valence electrons. The summed E-state index contributed by atoms with van der Waals surface area (Å²) in [5.41, 5.74) is 0.368. The quantitative estimate of drug-likeness (QED) is 0.898. The smallest absolute Gasteiger partial charge is 0.255 e. The zero-order chi connectivity index (χ0) is 15.4. The molecule has 0 saturated heterocycles. The van der Waals surface area contributed by atoms with Crippen LogP contribution in [0.4, 0.5) is 0 Å². The van der Waals surface area contributed by atoms with E-state index >= 15 is 0 Å². The fraction of sp³-hybridized carbons (Fsp3) is 0.562. The summed E-state index contributed by atoms with van der Waals surface area (Å²) in [7, 11) is 1.82. The molecule has 2 rings (SSSR count). The summed E-state index contributed by atoms with van der Waals surface area (Å²) in [4.78, 5) is 14.3. The number of phenolic OH excluding ortho intramolecular Hbond substituents is 1. The molecule has 1 aliphatic carbocycles. The summed E-state index contributed by atoms with van der Waals surface area (Å²) in [5, 5.41) is 13.4. The number of nitrogens with one attached hydrogen (secondary N) is 1. The van der Waals surface area contributed by atoms with Gasteiger partial charge in [-0.3, -0.25) is 4.79 Å². The Balaban J connectivity index is 2.01. The Morgan fingerprint density at radius 2 is 2.05 bits per heavy atom. The minimum Gasteiger partial charge on any atom is -0.508 e. The van der Waals surface area contributed by atoms with Crippen molar-refractivity contribution in [1.82, 2.24) is 10.2 Å². The second-order valence-corrected chi connectivity index (χ2v) is 6.05. The summed E-state index contributed by atoms with van der Waals surface area (Å²) in [6, 6.07) is 5.29. The SMILES string of the molecule is CCNC1CCC(N(C)C(=O)c2cc(O)ccc2Cl)CC1. The Kier molecular flexibility index (Phi) is 5.48. The maximum atomic E-state index is 12.5. The molecule has 1 amide bonds. The van der Waals surface area contributed by atoms with E-state index in [0.717, 1.165) is 32.2 Å². The van der Waals surface area contributed by atoms with E-state index in [0.29, 0.717) is 16.6 Å². The van der Waals surface area contributed by atoms with Crippen LogP contribution in [0.25, 0.3) is 0 Å². The van der Waals surface area contributed by atoms with Gasteiger partial charge in [0, 0.05) is 19.1 Å². The van der Waals surface area contributed by atoms with Crippen molar-refractivity contribution in [2.24, 2.45) is 0 Å². The van der Waals surface area contributed by atoms with E-state index in [1.54, 1.807) is 11.0 Å². The molecule has 4 nitrogen and oxygen atoms in total. The largest absolute Gasteiger partial charge is 0.508 e. The van der Waals surface area contributed by atoms with Crippen LogP contribution in [-0.4, -0.2) is 41.6 Å². The van der Waals surface area contributed by atoms with Crippen molar-refractivity contribution in [3.8, 4) is 5.75 Å². The molecule has 0 unspecified atom stereocenters. The molecule has 0 bridgehead atoms. The van der Waals surface area contributed by atoms with Crippen molar-refractivity contribution in [3.63, 3.8) is 0 Å². The number of carbonyl (C=O) groups is 1. The highest BCUT2D eigenvalue weighted by Gasteiger charge is 2.27. The highest BCUT2D eigenvalue weighted by atomic mass is 35.5. The summed E-state index contributed by atoms with van der Waals surface area (Å²) in [5.74, 6) is -0.0604. The van der Waals surface area contributed by atoms with Crippen molar-refractivity contribution in [1.29, 1.82) is 0 Å². The van der Waals surface area contributed by atoms with Crippen LogP contribution < -0.4 is 5.32 Å².